The Morgan fingerprint density at radius 1 is 1.20 bits per heavy atom. The number of nitrogens with one attached hydrogen (secondary N) is 2. The molecule has 2 N–H and O–H groups in total. The van der Waals surface area contributed by atoms with E-state index >= 15 is 0 Å². The van der Waals surface area contributed by atoms with Gasteiger partial charge in [0.05, 0.1) is 35.6 Å². The summed E-state index contributed by atoms with van der Waals surface area (Å²) in [6.45, 7) is 3.03. The van der Waals surface area contributed by atoms with Crippen LogP contribution >= 0.6 is 11.6 Å². The van der Waals surface area contributed by atoms with Crippen LogP contribution in [0.5, 0.6) is 0 Å². The number of methoxy groups -OCH3 is 1. The maximum Gasteiger partial charge on any atom is 0.323 e. The molecule has 182 valence electrons. The molecule has 1 atom stereocenters. The summed E-state index contributed by atoms with van der Waals surface area (Å²) in [7, 11) is 1.52. The molecule has 0 spiro atoms. The molecule has 4 aromatic heterocycles. The summed E-state index contributed by atoms with van der Waals surface area (Å²) < 4.78 is 22.7. The van der Waals surface area contributed by atoms with E-state index in [2.05, 4.69) is 30.8 Å². The Hall–Kier alpha value is -3.84. The zero-order chi connectivity index (χ0) is 24.7. The van der Waals surface area contributed by atoms with E-state index in [9.17, 15) is 14.0 Å². The number of amides is 3. The molecule has 1 saturated heterocycles. The summed E-state index contributed by atoms with van der Waals surface area (Å²) in [5.41, 5.74) is 1.32. The quantitative estimate of drug-likeness (QED) is 0.429. The number of pyridine rings is 1. The van der Waals surface area contributed by atoms with Crippen molar-refractivity contribution in [3.8, 4) is 0 Å². The normalized spacial score (nSPS) is 14.6. The van der Waals surface area contributed by atoms with Crippen LogP contribution < -0.4 is 10.6 Å². The van der Waals surface area contributed by atoms with Gasteiger partial charge in [-0.3, -0.25) is 4.79 Å². The van der Waals surface area contributed by atoms with Gasteiger partial charge in [0.1, 0.15) is 0 Å². The second kappa shape index (κ2) is 9.07. The van der Waals surface area contributed by atoms with Gasteiger partial charge in [-0.1, -0.05) is 11.6 Å². The smallest absolute Gasteiger partial charge is 0.323 e. The molecule has 0 aromatic carbocycles. The number of fused-ring (bicyclic) bond motifs is 2. The summed E-state index contributed by atoms with van der Waals surface area (Å²) >= 11 is 6.00. The summed E-state index contributed by atoms with van der Waals surface area (Å²) in [6.07, 6.45) is 4.20. The van der Waals surface area contributed by atoms with Gasteiger partial charge in [-0.25, -0.2) is 23.2 Å². The van der Waals surface area contributed by atoms with Crippen molar-refractivity contribution in [3.05, 3.63) is 47.0 Å². The number of rotatable bonds is 5. The number of carbonyl (C=O) groups excluding carboxylic acids is 2. The topological polar surface area (TPSA) is 131 Å². The molecule has 5 rings (SSSR count). The maximum absolute atomic E-state index is 14.7. The van der Waals surface area contributed by atoms with E-state index < -0.39 is 18.0 Å². The molecular formula is C21H21ClFN9O3. The molecule has 0 aliphatic carbocycles. The largest absolute Gasteiger partial charge is 0.375 e. The lowest BCUT2D eigenvalue weighted by Gasteiger charge is -2.17. The SMILES string of the molecule is CO[C@@H](C)c1c(NC(=O)Nc2cc(F)c3nc(C(=O)N4CCCC4)nn3c2)cnc2cc(Cl)nn12. The highest BCUT2D eigenvalue weighted by Gasteiger charge is 2.24. The maximum atomic E-state index is 14.7. The third kappa shape index (κ3) is 4.35. The number of ether oxygens (including phenoxy) is 1. The van der Waals surface area contributed by atoms with Crippen LogP contribution in [0.1, 0.15) is 42.2 Å². The summed E-state index contributed by atoms with van der Waals surface area (Å²) in [5.74, 6) is -1.18. The number of urea groups is 1. The molecule has 14 heteroatoms. The second-order valence-corrected chi connectivity index (χ2v) is 8.42. The predicted octanol–water partition coefficient (Wildman–Crippen LogP) is 3.15. The van der Waals surface area contributed by atoms with Crippen LogP contribution in [0.25, 0.3) is 11.3 Å². The van der Waals surface area contributed by atoms with Gasteiger partial charge in [-0.15, -0.1) is 5.10 Å². The predicted molar refractivity (Wildman–Crippen MR) is 124 cm³/mol. The first-order valence-electron chi connectivity index (χ1n) is 10.8. The summed E-state index contributed by atoms with van der Waals surface area (Å²) in [4.78, 5) is 35.2. The third-order valence-corrected chi connectivity index (χ3v) is 5.89. The van der Waals surface area contributed by atoms with E-state index in [0.717, 1.165) is 23.4 Å². The summed E-state index contributed by atoms with van der Waals surface area (Å²) in [6, 6.07) is 2.01. The number of halogens is 2. The molecule has 5 heterocycles. The van der Waals surface area contributed by atoms with Crippen molar-refractivity contribution in [3.63, 3.8) is 0 Å². The fourth-order valence-corrected chi connectivity index (χ4v) is 4.15. The lowest BCUT2D eigenvalue weighted by atomic mass is 10.2. The van der Waals surface area contributed by atoms with Crippen molar-refractivity contribution in [1.29, 1.82) is 0 Å². The van der Waals surface area contributed by atoms with Crippen LogP contribution in [0, 0.1) is 5.82 Å². The molecule has 1 aliphatic heterocycles. The minimum atomic E-state index is -0.737. The lowest BCUT2D eigenvalue weighted by Crippen LogP contribution is -2.28. The number of likely N-dealkylation sites (tertiary alicyclic amines) is 1. The van der Waals surface area contributed by atoms with Crippen molar-refractivity contribution >= 4 is 46.2 Å². The standard InChI is InChI=1S/C21H21ClFN9O3/c1-11(35-2)17-14(9-24-16-8-15(22)28-32(16)17)26-21(34)25-12-7-13(23)19-27-18(29-31(19)10-12)20(33)30-5-3-4-6-30/h7-11H,3-6H2,1-2H3,(H2,25,26,34)/t11-/m0/s1. The minimum absolute atomic E-state index is 0.0946. The van der Waals surface area contributed by atoms with Gasteiger partial charge in [-0.2, -0.15) is 10.1 Å². The Balaban J connectivity index is 1.39. The zero-order valence-corrected chi connectivity index (χ0v) is 19.6. The summed E-state index contributed by atoms with van der Waals surface area (Å²) in [5, 5.41) is 13.8. The van der Waals surface area contributed by atoms with E-state index in [1.165, 1.54) is 24.0 Å². The van der Waals surface area contributed by atoms with Gasteiger partial charge in [0, 0.05) is 32.3 Å². The van der Waals surface area contributed by atoms with Crippen LogP contribution in [0.15, 0.2) is 24.5 Å². The van der Waals surface area contributed by atoms with E-state index in [1.54, 1.807) is 17.9 Å². The first-order valence-corrected chi connectivity index (χ1v) is 11.2. The molecule has 12 nitrogen and oxygen atoms in total. The second-order valence-electron chi connectivity index (χ2n) is 8.03. The fraction of sp³-hybridized carbons (Fsp3) is 0.333. The Kier molecular flexibility index (Phi) is 5.94. The number of anilines is 2. The lowest BCUT2D eigenvalue weighted by molar-refractivity contribution is 0.0781. The van der Waals surface area contributed by atoms with Gasteiger partial charge in [0.15, 0.2) is 22.3 Å². The zero-order valence-electron chi connectivity index (χ0n) is 18.8. The van der Waals surface area contributed by atoms with E-state index in [1.807, 2.05) is 0 Å². The minimum Gasteiger partial charge on any atom is -0.375 e. The van der Waals surface area contributed by atoms with Gasteiger partial charge in [-0.05, 0) is 19.8 Å². The highest BCUT2D eigenvalue weighted by Crippen LogP contribution is 2.26. The van der Waals surface area contributed by atoms with Crippen LogP contribution in [0.2, 0.25) is 5.15 Å². The average molecular weight is 502 g/mol. The highest BCUT2D eigenvalue weighted by molar-refractivity contribution is 6.29. The van der Waals surface area contributed by atoms with Crippen molar-refractivity contribution in [2.45, 2.75) is 25.9 Å². The molecule has 35 heavy (non-hydrogen) atoms. The Labute approximate surface area is 203 Å². The Morgan fingerprint density at radius 2 is 1.97 bits per heavy atom. The number of carbonyl (C=O) groups is 2. The number of hydrogen-bond acceptors (Lipinski definition) is 7. The van der Waals surface area contributed by atoms with Crippen LogP contribution in [-0.2, 0) is 4.74 Å². The first-order chi connectivity index (χ1) is 16.8. The number of hydrogen-bond donors (Lipinski definition) is 2. The third-order valence-electron chi connectivity index (χ3n) is 5.71. The van der Waals surface area contributed by atoms with Gasteiger partial charge >= 0.3 is 6.03 Å². The molecule has 0 unspecified atom stereocenters. The molecule has 4 aromatic rings. The van der Waals surface area contributed by atoms with Crippen molar-refractivity contribution in [1.82, 2.24) is 34.1 Å². The van der Waals surface area contributed by atoms with E-state index in [-0.39, 0.29) is 28.2 Å². The molecule has 3 amide bonds. The Morgan fingerprint density at radius 3 is 2.71 bits per heavy atom. The first kappa shape index (κ1) is 22.9. The fourth-order valence-electron chi connectivity index (χ4n) is 3.97. The molecule has 1 aliphatic rings. The van der Waals surface area contributed by atoms with Crippen molar-refractivity contribution in [2.75, 3.05) is 30.8 Å². The van der Waals surface area contributed by atoms with Gasteiger partial charge in [0.25, 0.3) is 5.91 Å². The molecule has 0 radical (unpaired) electrons. The Bertz CT molecular complexity index is 1450. The van der Waals surface area contributed by atoms with Gasteiger partial charge in [0.2, 0.25) is 5.82 Å². The molecule has 0 bridgehead atoms. The molecule has 1 fully saturated rings. The molecule has 0 saturated carbocycles. The monoisotopic (exact) mass is 501 g/mol. The average Bonchev–Trinajstić information content (AvgIpc) is 3.57. The van der Waals surface area contributed by atoms with Crippen LogP contribution in [0.3, 0.4) is 0 Å². The van der Waals surface area contributed by atoms with Crippen LogP contribution in [0.4, 0.5) is 20.6 Å². The van der Waals surface area contributed by atoms with Gasteiger partial charge < -0.3 is 20.3 Å². The van der Waals surface area contributed by atoms with Crippen LogP contribution in [-0.4, -0.2) is 66.2 Å². The number of nitrogens with zero attached hydrogens (tertiary/aromatic N) is 7. The van der Waals surface area contributed by atoms with E-state index in [4.69, 9.17) is 16.3 Å². The van der Waals surface area contributed by atoms with Crippen molar-refractivity contribution < 1.29 is 18.7 Å². The van der Waals surface area contributed by atoms with E-state index in [0.29, 0.717) is 30.1 Å². The van der Waals surface area contributed by atoms with Crippen molar-refractivity contribution in [2.24, 2.45) is 0 Å². The number of aromatic nitrogens is 6. The highest BCUT2D eigenvalue weighted by atomic mass is 35.5. The molecular weight excluding hydrogens is 481 g/mol.